The number of fused-ring (bicyclic) bond motifs is 2. The lowest BCUT2D eigenvalue weighted by Gasteiger charge is -2.25. The Balaban J connectivity index is 1.53. The highest BCUT2D eigenvalue weighted by Crippen LogP contribution is 2.21. The summed E-state index contributed by atoms with van der Waals surface area (Å²) >= 11 is 1.47. The van der Waals surface area contributed by atoms with E-state index in [9.17, 15) is 29.4 Å². The van der Waals surface area contributed by atoms with Crippen molar-refractivity contribution in [3.8, 4) is 0 Å². The third kappa shape index (κ3) is 7.98. The fourth-order valence-corrected chi connectivity index (χ4v) is 5.46. The average Bonchev–Trinajstić information content (AvgIpc) is 3.61. The van der Waals surface area contributed by atoms with Gasteiger partial charge in [0.15, 0.2) is 0 Å². The van der Waals surface area contributed by atoms with Gasteiger partial charge in [-0.1, -0.05) is 36.4 Å². The molecule has 0 bridgehead atoms. The fraction of sp³-hybridized carbons (Fsp3) is 0.355. The lowest BCUT2D eigenvalue weighted by molar-refractivity contribution is -0.142. The number of carboxylic acids is 1. The van der Waals surface area contributed by atoms with E-state index in [4.69, 9.17) is 5.73 Å². The van der Waals surface area contributed by atoms with Gasteiger partial charge in [-0.15, -0.1) is 0 Å². The van der Waals surface area contributed by atoms with Crippen LogP contribution in [0.5, 0.6) is 0 Å². The van der Waals surface area contributed by atoms with E-state index in [2.05, 4.69) is 25.9 Å². The maximum Gasteiger partial charge on any atom is 0.326 e. The Bertz CT molecular complexity index is 1620. The molecule has 0 saturated carbocycles. The maximum atomic E-state index is 13.7. The standard InChI is InChI=1S/C31H38N6O6S/c1-17(38)27(32)30(41)36-25(13-18-15-33-22-9-5-3-7-20(18)22)29(40)35-24(11-12-44-2)28(39)37-26(31(42)43)14-19-16-34-23-10-6-4-8-21(19)23/h3-10,15-17,24-27,33-34,38H,11-14,32H2,1-2H3,(H,35,40)(H,36,41)(H,37,39)(H,42,43). The lowest BCUT2D eigenvalue weighted by Crippen LogP contribution is -2.58. The number of carbonyl (C=O) groups excluding carboxylic acids is 3. The Labute approximate surface area is 258 Å². The van der Waals surface area contributed by atoms with Gasteiger partial charge < -0.3 is 41.9 Å². The second kappa shape index (κ2) is 14.9. The summed E-state index contributed by atoms with van der Waals surface area (Å²) in [7, 11) is 0. The van der Waals surface area contributed by atoms with Gasteiger partial charge in [-0.2, -0.15) is 11.8 Å². The molecule has 0 spiro atoms. The van der Waals surface area contributed by atoms with Crippen LogP contribution in [-0.2, 0) is 32.0 Å². The Hall–Kier alpha value is -4.33. The molecule has 0 fully saturated rings. The number of H-pyrrole nitrogens is 2. The minimum atomic E-state index is -1.27. The van der Waals surface area contributed by atoms with Gasteiger partial charge in [-0.25, -0.2) is 4.79 Å². The molecular weight excluding hydrogens is 584 g/mol. The number of aromatic amines is 2. The molecule has 4 rings (SSSR count). The first-order valence-corrected chi connectivity index (χ1v) is 15.6. The molecule has 44 heavy (non-hydrogen) atoms. The van der Waals surface area contributed by atoms with Gasteiger partial charge in [0.1, 0.15) is 24.2 Å². The van der Waals surface area contributed by atoms with Crippen molar-refractivity contribution in [1.29, 1.82) is 0 Å². The van der Waals surface area contributed by atoms with Crippen LogP contribution in [0.1, 0.15) is 24.5 Å². The number of nitrogens with two attached hydrogens (primary N) is 1. The predicted octanol–water partition coefficient (Wildman–Crippen LogP) is 1.43. The van der Waals surface area contributed by atoms with Gasteiger partial charge >= 0.3 is 5.97 Å². The third-order valence-corrected chi connectivity index (χ3v) is 8.16. The first kappa shape index (κ1) is 32.6. The van der Waals surface area contributed by atoms with Crippen LogP contribution in [0.2, 0.25) is 0 Å². The molecule has 5 unspecified atom stereocenters. The van der Waals surface area contributed by atoms with E-state index in [0.717, 1.165) is 32.9 Å². The Morgan fingerprint density at radius 1 is 0.795 bits per heavy atom. The summed E-state index contributed by atoms with van der Waals surface area (Å²) in [6.45, 7) is 1.37. The zero-order chi connectivity index (χ0) is 31.8. The van der Waals surface area contributed by atoms with Crippen molar-refractivity contribution in [1.82, 2.24) is 25.9 Å². The van der Waals surface area contributed by atoms with E-state index in [1.54, 1.807) is 12.4 Å². The number of rotatable bonds is 15. The molecule has 3 amide bonds. The van der Waals surface area contributed by atoms with Crippen molar-refractivity contribution in [3.63, 3.8) is 0 Å². The van der Waals surface area contributed by atoms with Gasteiger partial charge in [-0.05, 0) is 48.6 Å². The quantitative estimate of drug-likeness (QED) is 0.0972. The number of aliphatic hydroxyl groups excluding tert-OH is 1. The Morgan fingerprint density at radius 2 is 1.27 bits per heavy atom. The van der Waals surface area contributed by atoms with Gasteiger partial charge in [0.05, 0.1) is 6.10 Å². The normalized spacial score (nSPS) is 14.8. The molecule has 0 aliphatic rings. The van der Waals surface area contributed by atoms with E-state index in [0.29, 0.717) is 5.75 Å². The lowest BCUT2D eigenvalue weighted by atomic mass is 10.0. The number of nitrogens with one attached hydrogen (secondary N) is 5. The fourth-order valence-electron chi connectivity index (χ4n) is 4.99. The van der Waals surface area contributed by atoms with Gasteiger partial charge in [0, 0.05) is 47.0 Å². The van der Waals surface area contributed by atoms with Crippen LogP contribution in [0.3, 0.4) is 0 Å². The molecule has 2 aromatic carbocycles. The van der Waals surface area contributed by atoms with Crippen LogP contribution in [0.15, 0.2) is 60.9 Å². The number of hydrogen-bond acceptors (Lipinski definition) is 7. The summed E-state index contributed by atoms with van der Waals surface area (Å²) < 4.78 is 0. The highest BCUT2D eigenvalue weighted by atomic mass is 32.2. The molecule has 0 aliphatic heterocycles. The number of aliphatic carboxylic acids is 1. The number of amides is 3. The van der Waals surface area contributed by atoms with Crippen molar-refractivity contribution in [2.24, 2.45) is 5.73 Å². The molecule has 9 N–H and O–H groups in total. The number of benzene rings is 2. The monoisotopic (exact) mass is 622 g/mol. The minimum absolute atomic E-state index is 0.0325. The van der Waals surface area contributed by atoms with Crippen molar-refractivity contribution in [3.05, 3.63) is 72.1 Å². The summed E-state index contributed by atoms with van der Waals surface area (Å²) in [5, 5.41) is 29.4. The van der Waals surface area contributed by atoms with Crippen LogP contribution in [0.4, 0.5) is 0 Å². The van der Waals surface area contributed by atoms with Gasteiger partial charge in [0.2, 0.25) is 17.7 Å². The van der Waals surface area contributed by atoms with E-state index < -0.39 is 54.0 Å². The largest absolute Gasteiger partial charge is 0.480 e. The molecule has 0 radical (unpaired) electrons. The number of hydrogen-bond donors (Lipinski definition) is 8. The van der Waals surface area contributed by atoms with Gasteiger partial charge in [0.25, 0.3) is 0 Å². The van der Waals surface area contributed by atoms with Crippen molar-refractivity contribution >= 4 is 57.3 Å². The molecule has 234 valence electrons. The summed E-state index contributed by atoms with van der Waals surface area (Å²) in [6, 6.07) is 10.2. The third-order valence-electron chi connectivity index (χ3n) is 7.51. The SMILES string of the molecule is CSCCC(NC(=O)C(Cc1c[nH]c2ccccc12)NC(=O)C(N)C(C)O)C(=O)NC(Cc1c[nH]c2ccccc12)C(=O)O. The molecule has 2 aromatic heterocycles. The zero-order valence-corrected chi connectivity index (χ0v) is 25.3. The highest BCUT2D eigenvalue weighted by molar-refractivity contribution is 7.98. The van der Waals surface area contributed by atoms with Crippen LogP contribution >= 0.6 is 11.8 Å². The number of aliphatic hydroxyl groups is 1. The van der Waals surface area contributed by atoms with E-state index in [1.807, 2.05) is 54.8 Å². The number of carbonyl (C=O) groups is 4. The molecular formula is C31H38N6O6S. The molecule has 4 aromatic rings. The number of para-hydroxylation sites is 2. The predicted molar refractivity (Wildman–Crippen MR) is 170 cm³/mol. The number of thioether (sulfide) groups is 1. The Morgan fingerprint density at radius 3 is 1.80 bits per heavy atom. The topological polar surface area (TPSA) is 202 Å². The zero-order valence-electron chi connectivity index (χ0n) is 24.5. The summed E-state index contributed by atoms with van der Waals surface area (Å²) in [5.74, 6) is -2.74. The first-order valence-electron chi connectivity index (χ1n) is 14.3. The summed E-state index contributed by atoms with van der Waals surface area (Å²) in [6.07, 6.45) is 4.48. The van der Waals surface area contributed by atoms with Crippen LogP contribution < -0.4 is 21.7 Å². The molecule has 0 aliphatic carbocycles. The van der Waals surface area contributed by atoms with Crippen molar-refractivity contribution < 1.29 is 29.4 Å². The average molecular weight is 623 g/mol. The molecule has 13 heteroatoms. The second-order valence-corrected chi connectivity index (χ2v) is 11.7. The van der Waals surface area contributed by atoms with E-state index in [1.165, 1.54) is 18.7 Å². The number of carboxylic acid groups (broad SMARTS) is 1. The summed E-state index contributed by atoms with van der Waals surface area (Å²) in [4.78, 5) is 58.4. The van der Waals surface area contributed by atoms with E-state index >= 15 is 0 Å². The second-order valence-electron chi connectivity index (χ2n) is 10.7. The smallest absolute Gasteiger partial charge is 0.326 e. The van der Waals surface area contributed by atoms with E-state index in [-0.39, 0.29) is 19.3 Å². The van der Waals surface area contributed by atoms with Crippen LogP contribution in [0, 0.1) is 0 Å². The molecule has 0 saturated heterocycles. The summed E-state index contributed by atoms with van der Waals surface area (Å²) in [5.41, 5.74) is 9.01. The Kier molecular flexibility index (Phi) is 11.0. The number of aromatic nitrogens is 2. The van der Waals surface area contributed by atoms with Crippen molar-refractivity contribution in [2.45, 2.75) is 56.5 Å². The minimum Gasteiger partial charge on any atom is -0.480 e. The van der Waals surface area contributed by atoms with Crippen LogP contribution in [0.25, 0.3) is 21.8 Å². The maximum absolute atomic E-state index is 13.7. The van der Waals surface area contributed by atoms with Gasteiger partial charge in [-0.3, -0.25) is 14.4 Å². The first-order chi connectivity index (χ1) is 21.1. The molecule has 5 atom stereocenters. The molecule has 2 heterocycles. The molecule has 12 nitrogen and oxygen atoms in total. The van der Waals surface area contributed by atoms with Crippen molar-refractivity contribution in [2.75, 3.05) is 12.0 Å². The van der Waals surface area contributed by atoms with Crippen LogP contribution in [-0.4, -0.2) is 86.2 Å². The highest BCUT2D eigenvalue weighted by Gasteiger charge is 2.32.